The fraction of sp³-hybridized carbons (Fsp3) is 0.500. The molecule has 1 aliphatic heterocycles. The summed E-state index contributed by atoms with van der Waals surface area (Å²) in [5.74, 6) is -0.456. The Labute approximate surface area is 119 Å². The molecular weight excluding hydrogens is 257 g/mol. The van der Waals surface area contributed by atoms with Gasteiger partial charge < -0.3 is 19.8 Å². The zero-order valence-corrected chi connectivity index (χ0v) is 12.5. The predicted octanol–water partition coefficient (Wildman–Crippen LogP) is 1.35. The largest absolute Gasteiger partial charge is 0.497 e. The van der Waals surface area contributed by atoms with Crippen molar-refractivity contribution in [2.75, 3.05) is 12.8 Å². The van der Waals surface area contributed by atoms with Crippen molar-refractivity contribution < 1.29 is 18.8 Å². The van der Waals surface area contributed by atoms with Crippen LogP contribution in [-0.2, 0) is 14.0 Å². The smallest absolute Gasteiger partial charge is 0.465 e. The van der Waals surface area contributed by atoms with Gasteiger partial charge >= 0.3 is 13.1 Å². The van der Waals surface area contributed by atoms with Crippen molar-refractivity contribution in [2.45, 2.75) is 38.9 Å². The van der Waals surface area contributed by atoms with Gasteiger partial charge in [0.2, 0.25) is 0 Å². The minimum absolute atomic E-state index is 0.367. The topological polar surface area (TPSA) is 70.8 Å². The maximum absolute atomic E-state index is 11.9. The molecule has 1 fully saturated rings. The van der Waals surface area contributed by atoms with E-state index in [1.54, 1.807) is 18.2 Å². The average molecular weight is 277 g/mol. The van der Waals surface area contributed by atoms with Gasteiger partial charge in [0.25, 0.3) is 0 Å². The Morgan fingerprint density at radius 3 is 2.25 bits per heavy atom. The number of ether oxygens (including phenoxy) is 1. The van der Waals surface area contributed by atoms with Gasteiger partial charge in [-0.1, -0.05) is 6.07 Å². The van der Waals surface area contributed by atoms with Gasteiger partial charge in [-0.25, -0.2) is 4.79 Å². The lowest BCUT2D eigenvalue weighted by molar-refractivity contribution is 0.00578. The van der Waals surface area contributed by atoms with Crippen LogP contribution in [0.4, 0.5) is 5.69 Å². The van der Waals surface area contributed by atoms with E-state index < -0.39 is 24.3 Å². The quantitative estimate of drug-likeness (QED) is 0.502. The Bertz CT molecular complexity index is 526. The number of carbonyl (C=O) groups excluding carboxylic acids is 1. The van der Waals surface area contributed by atoms with Crippen LogP contribution in [0.15, 0.2) is 18.2 Å². The highest BCUT2D eigenvalue weighted by Gasteiger charge is 2.53. The summed E-state index contributed by atoms with van der Waals surface area (Å²) in [6, 6.07) is 5.08. The van der Waals surface area contributed by atoms with E-state index in [9.17, 15) is 4.79 Å². The number of hydrogen-bond acceptors (Lipinski definition) is 5. The van der Waals surface area contributed by atoms with E-state index in [4.69, 9.17) is 19.8 Å². The molecule has 0 aromatic heterocycles. The maximum Gasteiger partial charge on any atom is 0.497 e. The second-order valence-corrected chi connectivity index (χ2v) is 5.89. The molecule has 1 aliphatic rings. The maximum atomic E-state index is 11.9. The molecule has 0 bridgehead atoms. The van der Waals surface area contributed by atoms with Crippen LogP contribution in [0.25, 0.3) is 0 Å². The zero-order valence-electron chi connectivity index (χ0n) is 12.5. The molecule has 0 aliphatic carbocycles. The normalized spacial score (nSPS) is 19.9. The molecule has 0 unspecified atom stereocenters. The number of anilines is 1. The first kappa shape index (κ1) is 14.9. The number of nitrogen functional groups attached to an aromatic ring is 1. The third-order valence-electron chi connectivity index (χ3n) is 4.03. The molecule has 0 spiro atoms. The van der Waals surface area contributed by atoms with Crippen molar-refractivity contribution in [1.29, 1.82) is 0 Å². The lowest BCUT2D eigenvalue weighted by Crippen LogP contribution is -2.41. The van der Waals surface area contributed by atoms with E-state index in [-0.39, 0.29) is 0 Å². The molecule has 0 radical (unpaired) electrons. The molecule has 1 aromatic carbocycles. The summed E-state index contributed by atoms with van der Waals surface area (Å²) >= 11 is 0. The van der Waals surface area contributed by atoms with E-state index in [2.05, 4.69) is 0 Å². The van der Waals surface area contributed by atoms with Crippen LogP contribution in [0.5, 0.6) is 0 Å². The zero-order chi connectivity index (χ0) is 15.1. The van der Waals surface area contributed by atoms with Gasteiger partial charge in [-0.3, -0.25) is 0 Å². The van der Waals surface area contributed by atoms with Crippen molar-refractivity contribution in [1.82, 2.24) is 0 Å². The Hall–Kier alpha value is -1.53. The van der Waals surface area contributed by atoms with Crippen LogP contribution in [0.3, 0.4) is 0 Å². The molecular formula is C14H20BNO4. The van der Waals surface area contributed by atoms with Gasteiger partial charge in [0.1, 0.15) is 0 Å². The summed E-state index contributed by atoms with van der Waals surface area (Å²) in [6.07, 6.45) is 0. The summed E-state index contributed by atoms with van der Waals surface area (Å²) < 4.78 is 16.7. The Morgan fingerprint density at radius 1 is 1.20 bits per heavy atom. The Kier molecular flexibility index (Phi) is 3.56. The van der Waals surface area contributed by atoms with Gasteiger partial charge in [-0.05, 0) is 39.8 Å². The van der Waals surface area contributed by atoms with Crippen LogP contribution in [-0.4, -0.2) is 31.4 Å². The van der Waals surface area contributed by atoms with E-state index in [0.717, 1.165) is 0 Å². The Morgan fingerprint density at radius 2 is 1.75 bits per heavy atom. The van der Waals surface area contributed by atoms with E-state index in [1.807, 2.05) is 27.7 Å². The molecule has 6 heteroatoms. The standard InChI is InChI=1S/C14H20BNO4/c1-13(2)14(3,4)20-15(19-13)11-9(12(17)18-5)7-6-8-10(11)16/h6-8H,16H2,1-5H3. The monoisotopic (exact) mass is 277 g/mol. The number of rotatable bonds is 2. The van der Waals surface area contributed by atoms with Gasteiger partial charge in [-0.15, -0.1) is 0 Å². The molecule has 20 heavy (non-hydrogen) atoms. The van der Waals surface area contributed by atoms with Crippen molar-refractivity contribution in [3.05, 3.63) is 23.8 Å². The molecule has 0 atom stereocenters. The van der Waals surface area contributed by atoms with Crippen molar-refractivity contribution >= 4 is 24.2 Å². The van der Waals surface area contributed by atoms with E-state index >= 15 is 0 Å². The summed E-state index contributed by atoms with van der Waals surface area (Å²) in [6.45, 7) is 7.79. The molecule has 5 nitrogen and oxygen atoms in total. The second kappa shape index (κ2) is 4.79. The molecule has 0 saturated carbocycles. The minimum Gasteiger partial charge on any atom is -0.465 e. The third kappa shape index (κ3) is 2.29. The molecule has 108 valence electrons. The lowest BCUT2D eigenvalue weighted by Gasteiger charge is -2.32. The van der Waals surface area contributed by atoms with Crippen LogP contribution in [0, 0.1) is 0 Å². The summed E-state index contributed by atoms with van der Waals surface area (Å²) in [5.41, 5.74) is 6.36. The minimum atomic E-state index is -0.685. The first-order valence-corrected chi connectivity index (χ1v) is 6.52. The average Bonchev–Trinajstić information content (AvgIpc) is 2.56. The van der Waals surface area contributed by atoms with Crippen molar-refractivity contribution in [3.63, 3.8) is 0 Å². The molecule has 1 heterocycles. The first-order valence-electron chi connectivity index (χ1n) is 6.52. The fourth-order valence-electron chi connectivity index (χ4n) is 2.09. The van der Waals surface area contributed by atoms with E-state index in [0.29, 0.717) is 16.7 Å². The molecule has 0 amide bonds. The number of methoxy groups -OCH3 is 1. The number of nitrogens with two attached hydrogens (primary N) is 1. The van der Waals surface area contributed by atoms with Gasteiger partial charge in [0.15, 0.2) is 0 Å². The molecule has 1 aromatic rings. The third-order valence-corrected chi connectivity index (χ3v) is 4.03. The molecule has 2 N–H and O–H groups in total. The highest BCUT2D eigenvalue weighted by Crippen LogP contribution is 2.37. The second-order valence-electron chi connectivity index (χ2n) is 5.89. The van der Waals surface area contributed by atoms with Gasteiger partial charge in [-0.2, -0.15) is 0 Å². The van der Waals surface area contributed by atoms with Crippen LogP contribution in [0.2, 0.25) is 0 Å². The van der Waals surface area contributed by atoms with Crippen LogP contribution >= 0.6 is 0 Å². The summed E-state index contributed by atoms with van der Waals surface area (Å²) in [5, 5.41) is 0. The van der Waals surface area contributed by atoms with Crippen molar-refractivity contribution in [3.8, 4) is 0 Å². The predicted molar refractivity (Wildman–Crippen MR) is 77.9 cm³/mol. The molecule has 1 saturated heterocycles. The molecule has 2 rings (SSSR count). The highest BCUT2D eigenvalue weighted by molar-refractivity contribution is 6.65. The first-order chi connectivity index (χ1) is 9.19. The van der Waals surface area contributed by atoms with Gasteiger partial charge in [0, 0.05) is 11.2 Å². The van der Waals surface area contributed by atoms with Crippen LogP contribution < -0.4 is 11.2 Å². The Balaban J connectivity index is 2.47. The van der Waals surface area contributed by atoms with Crippen LogP contribution in [0.1, 0.15) is 38.1 Å². The summed E-state index contributed by atoms with van der Waals surface area (Å²) in [7, 11) is 0.648. The number of benzene rings is 1. The number of esters is 1. The van der Waals surface area contributed by atoms with Gasteiger partial charge in [0.05, 0.1) is 23.9 Å². The highest BCUT2D eigenvalue weighted by atomic mass is 16.7. The SMILES string of the molecule is COC(=O)c1cccc(N)c1B1OC(C)(C)C(C)(C)O1. The van der Waals surface area contributed by atoms with Crippen molar-refractivity contribution in [2.24, 2.45) is 0 Å². The van der Waals surface area contributed by atoms with E-state index in [1.165, 1.54) is 7.11 Å². The lowest BCUT2D eigenvalue weighted by atomic mass is 9.74. The summed E-state index contributed by atoms with van der Waals surface area (Å²) in [4.78, 5) is 11.9. The number of carbonyl (C=O) groups is 1. The fourth-order valence-corrected chi connectivity index (χ4v) is 2.09. The number of hydrogen-bond donors (Lipinski definition) is 1.